The van der Waals surface area contributed by atoms with Crippen LogP contribution in [0.5, 0.6) is 0 Å². The molecule has 2 aromatic heterocycles. The lowest BCUT2D eigenvalue weighted by molar-refractivity contribution is -0.159. The first-order chi connectivity index (χ1) is 25.0. The van der Waals surface area contributed by atoms with Crippen molar-refractivity contribution in [1.82, 2.24) is 20.2 Å². The van der Waals surface area contributed by atoms with Crippen LogP contribution in [0.3, 0.4) is 0 Å². The second-order valence-corrected chi connectivity index (χ2v) is 13.1. The quantitative estimate of drug-likeness (QED) is 0.327. The smallest absolute Gasteiger partial charge is 0.412 e. The van der Waals surface area contributed by atoms with Crippen LogP contribution in [-0.2, 0) is 30.3 Å². The number of oxazole rings is 1. The summed E-state index contributed by atoms with van der Waals surface area (Å²) in [5.74, 6) is -2.67. The Bertz CT molecular complexity index is 1880. The van der Waals surface area contributed by atoms with E-state index in [9.17, 15) is 29.1 Å². The summed E-state index contributed by atoms with van der Waals surface area (Å²) in [5, 5.41) is 17.6. The normalized spacial score (nSPS) is 25.2. The Morgan fingerprint density at radius 3 is 2.77 bits per heavy atom. The lowest BCUT2D eigenvalue weighted by Gasteiger charge is -2.30. The van der Waals surface area contributed by atoms with E-state index in [0.717, 1.165) is 17.0 Å². The third-order valence-electron chi connectivity index (χ3n) is 8.79. The molecular weight excluding hydrogens is 670 g/mol. The van der Waals surface area contributed by atoms with Crippen LogP contribution in [-0.4, -0.2) is 87.6 Å². The van der Waals surface area contributed by atoms with Crippen LogP contribution in [0.1, 0.15) is 56.4 Å². The van der Waals surface area contributed by atoms with Crippen LogP contribution in [0.25, 0.3) is 10.8 Å². The molecule has 274 valence electrons. The van der Waals surface area contributed by atoms with Gasteiger partial charge in [-0.1, -0.05) is 68.0 Å². The van der Waals surface area contributed by atoms with Gasteiger partial charge in [0.2, 0.25) is 11.8 Å². The fourth-order valence-corrected chi connectivity index (χ4v) is 6.15. The summed E-state index contributed by atoms with van der Waals surface area (Å²) in [6, 6.07) is 8.38. The maximum Gasteiger partial charge on any atom is 0.412 e. The summed E-state index contributed by atoms with van der Waals surface area (Å²) in [6.45, 7) is 5.61. The number of rotatable bonds is 4. The lowest BCUT2D eigenvalue weighted by atomic mass is 9.93. The first-order valence-electron chi connectivity index (χ1n) is 17.2. The highest BCUT2D eigenvalue weighted by atomic mass is 16.6. The highest BCUT2D eigenvalue weighted by Gasteiger charge is 2.39. The van der Waals surface area contributed by atoms with E-state index in [0.29, 0.717) is 24.2 Å². The molecule has 52 heavy (non-hydrogen) atoms. The lowest BCUT2D eigenvalue weighted by Crippen LogP contribution is -2.44. The van der Waals surface area contributed by atoms with Gasteiger partial charge >= 0.3 is 12.1 Å². The highest BCUT2D eigenvalue weighted by Crippen LogP contribution is 2.26. The Balaban J connectivity index is 1.32. The average molecular weight is 714 g/mol. The zero-order valence-corrected chi connectivity index (χ0v) is 29.3. The number of carbonyl (C=O) groups excluding carboxylic acids is 5. The number of cyclic esters (lactones) is 1. The number of ether oxygens (including phenoxy) is 2. The standard InChI is InChI=1S/C38H43N5O9/c1-23-8-6-14-39-33(46)13-12-24(2)35(25(3)21-51-38(49)42-32-17-26-9-4-5-10-27(26)20-40-32)52-37(48)31-11-7-15-43(31)36(47)30-22-50-34(41-30)19-29(45)18-28(44)16-23/h4-6,8-10,12-13,16-17,20,22,24-25,28,31,35,44H,7,11,14-15,18-19,21H2,1-3H3,(H,39,46)(H,40,42,49)/b8-6+,13-12+,23-16+/t24-,25-,28-,31-,35+/m1/s1. The van der Waals surface area contributed by atoms with Gasteiger partial charge in [0.15, 0.2) is 5.69 Å². The number of benzene rings is 1. The molecular formula is C38H43N5O9. The van der Waals surface area contributed by atoms with E-state index >= 15 is 0 Å². The van der Waals surface area contributed by atoms with Gasteiger partial charge in [-0.05, 0) is 37.3 Å². The second-order valence-electron chi connectivity index (χ2n) is 13.1. The van der Waals surface area contributed by atoms with Crippen LogP contribution >= 0.6 is 0 Å². The van der Waals surface area contributed by atoms with Crippen molar-refractivity contribution in [2.45, 2.75) is 64.7 Å². The molecule has 0 saturated carbocycles. The average Bonchev–Trinajstić information content (AvgIpc) is 3.80. The first-order valence-corrected chi connectivity index (χ1v) is 17.2. The Morgan fingerprint density at radius 2 is 1.96 bits per heavy atom. The third kappa shape index (κ3) is 10.2. The number of aliphatic hydroxyl groups is 1. The molecule has 1 fully saturated rings. The van der Waals surface area contributed by atoms with E-state index in [1.165, 1.54) is 17.1 Å². The molecule has 14 nitrogen and oxygen atoms in total. The van der Waals surface area contributed by atoms with Crippen molar-refractivity contribution in [2.75, 3.05) is 25.0 Å². The number of aromatic nitrogens is 2. The van der Waals surface area contributed by atoms with Crippen molar-refractivity contribution in [2.24, 2.45) is 11.8 Å². The fourth-order valence-electron chi connectivity index (χ4n) is 6.15. The number of pyridine rings is 1. The number of hydrogen-bond acceptors (Lipinski definition) is 11. The van der Waals surface area contributed by atoms with Gasteiger partial charge in [0.05, 0.1) is 19.1 Å². The van der Waals surface area contributed by atoms with Crippen molar-refractivity contribution in [3.63, 3.8) is 0 Å². The fraction of sp³-hybridized carbons (Fsp3) is 0.395. The monoisotopic (exact) mass is 713 g/mol. The van der Waals surface area contributed by atoms with Crippen molar-refractivity contribution in [1.29, 1.82) is 0 Å². The minimum absolute atomic E-state index is 0.0172. The number of nitrogens with zero attached hydrogens (tertiary/aromatic N) is 3. The molecule has 3 amide bonds. The number of nitrogens with one attached hydrogen (secondary N) is 2. The molecule has 5 rings (SSSR count). The van der Waals surface area contributed by atoms with Crippen LogP contribution in [0.15, 0.2) is 83.2 Å². The van der Waals surface area contributed by atoms with Crippen molar-refractivity contribution in [3.05, 3.63) is 90.3 Å². The molecule has 0 spiro atoms. The zero-order valence-electron chi connectivity index (χ0n) is 29.3. The van der Waals surface area contributed by atoms with Crippen LogP contribution < -0.4 is 10.6 Å². The van der Waals surface area contributed by atoms with Gasteiger partial charge < -0.3 is 29.2 Å². The molecule has 3 N–H and O–H groups in total. The maximum atomic E-state index is 13.7. The number of ketones is 1. The molecule has 2 aliphatic heterocycles. The molecule has 14 heteroatoms. The van der Waals surface area contributed by atoms with Gasteiger partial charge in [-0.25, -0.2) is 19.6 Å². The Labute approximate surface area is 301 Å². The van der Waals surface area contributed by atoms with Gasteiger partial charge in [0.1, 0.15) is 30.0 Å². The molecule has 0 radical (unpaired) electrons. The van der Waals surface area contributed by atoms with Crippen molar-refractivity contribution >= 4 is 46.3 Å². The summed E-state index contributed by atoms with van der Waals surface area (Å²) < 4.78 is 17.0. The second kappa shape index (κ2) is 17.5. The summed E-state index contributed by atoms with van der Waals surface area (Å²) in [5.41, 5.74) is 0.624. The van der Waals surface area contributed by atoms with Gasteiger partial charge in [0, 0.05) is 42.9 Å². The third-order valence-corrected chi connectivity index (χ3v) is 8.79. The number of allylic oxidation sites excluding steroid dienone is 2. The van der Waals surface area contributed by atoms with Crippen LogP contribution in [0.2, 0.25) is 0 Å². The number of hydrogen-bond donors (Lipinski definition) is 3. The maximum absolute atomic E-state index is 13.7. The first kappa shape index (κ1) is 37.6. The summed E-state index contributed by atoms with van der Waals surface area (Å²) in [4.78, 5) is 75.0. The van der Waals surface area contributed by atoms with E-state index in [2.05, 4.69) is 20.6 Å². The Kier molecular flexibility index (Phi) is 12.7. The topological polar surface area (TPSA) is 190 Å². The number of anilines is 1. The SMILES string of the molecule is CC1=C\[C@@H](O)CC(=O)Cc2nc(co2)C(=O)N2CCC[C@@H]2C(=O)O[C@H]([C@H](C)COC(=O)Nc2cc3ccccc3cn2)[C@H](C)/C=C/C(=O)NC\C=C\1. The summed E-state index contributed by atoms with van der Waals surface area (Å²) in [7, 11) is 0. The number of aliphatic hydroxyl groups excluding tert-OH is 1. The number of carbonyl (C=O) groups is 5. The van der Waals surface area contributed by atoms with E-state index in [-0.39, 0.29) is 49.9 Å². The van der Waals surface area contributed by atoms with E-state index in [1.54, 1.807) is 51.3 Å². The number of esters is 1. The number of amides is 3. The molecule has 2 aliphatic rings. The minimum atomic E-state index is -1.05. The van der Waals surface area contributed by atoms with E-state index < -0.39 is 54.0 Å². The van der Waals surface area contributed by atoms with Gasteiger partial charge in [0.25, 0.3) is 5.91 Å². The molecule has 1 aromatic carbocycles. The highest BCUT2D eigenvalue weighted by molar-refractivity contribution is 5.95. The molecule has 5 atom stereocenters. The Hall–Kier alpha value is -5.63. The predicted molar refractivity (Wildman–Crippen MR) is 190 cm³/mol. The predicted octanol–water partition coefficient (Wildman–Crippen LogP) is 4.31. The molecule has 0 aliphatic carbocycles. The molecule has 4 heterocycles. The minimum Gasteiger partial charge on any atom is -0.460 e. The van der Waals surface area contributed by atoms with Gasteiger partial charge in [-0.2, -0.15) is 0 Å². The van der Waals surface area contributed by atoms with Gasteiger partial charge in [-0.3, -0.25) is 19.7 Å². The molecule has 2 bridgehead atoms. The molecule has 3 aromatic rings. The van der Waals surface area contributed by atoms with E-state index in [4.69, 9.17) is 13.9 Å². The van der Waals surface area contributed by atoms with Crippen molar-refractivity contribution < 1.29 is 43.0 Å². The Morgan fingerprint density at radius 1 is 1.17 bits per heavy atom. The molecule has 1 saturated heterocycles. The van der Waals surface area contributed by atoms with Crippen LogP contribution in [0.4, 0.5) is 10.6 Å². The van der Waals surface area contributed by atoms with Crippen molar-refractivity contribution in [3.8, 4) is 0 Å². The largest absolute Gasteiger partial charge is 0.460 e. The number of Topliss-reactive ketones (excluding diaryl/α,β-unsaturated/α-hetero) is 1. The van der Waals surface area contributed by atoms with Gasteiger partial charge in [-0.15, -0.1) is 0 Å². The summed E-state index contributed by atoms with van der Waals surface area (Å²) in [6.07, 6.45) is 8.48. The van der Waals surface area contributed by atoms with E-state index in [1.807, 2.05) is 24.3 Å². The molecule has 0 unspecified atom stereocenters. The van der Waals surface area contributed by atoms with Crippen LogP contribution in [0, 0.1) is 11.8 Å². The zero-order chi connectivity index (χ0) is 37.2. The number of fused-ring (bicyclic) bond motifs is 4. The summed E-state index contributed by atoms with van der Waals surface area (Å²) >= 11 is 0.